The van der Waals surface area contributed by atoms with Gasteiger partial charge in [0.05, 0.1) is 18.7 Å². The third kappa shape index (κ3) is 4.42. The summed E-state index contributed by atoms with van der Waals surface area (Å²) in [5, 5.41) is 9.08. The van der Waals surface area contributed by atoms with Crippen LogP contribution in [0.15, 0.2) is 24.4 Å². The molecule has 5 nitrogen and oxygen atoms in total. The van der Waals surface area contributed by atoms with Crippen LogP contribution in [0.1, 0.15) is 29.1 Å². The van der Waals surface area contributed by atoms with Crippen molar-refractivity contribution in [2.24, 2.45) is 5.92 Å². The number of ether oxygens (including phenoxy) is 1. The van der Waals surface area contributed by atoms with Crippen LogP contribution in [0, 0.1) is 17.2 Å². The number of aromatic nitrogens is 2. The molecule has 0 saturated carbocycles. The lowest BCUT2D eigenvalue weighted by Crippen LogP contribution is -2.31. The summed E-state index contributed by atoms with van der Waals surface area (Å²) in [6.45, 7) is 1.86. The lowest BCUT2D eigenvalue weighted by Gasteiger charge is -2.28. The van der Waals surface area contributed by atoms with Crippen LogP contribution >= 0.6 is 0 Å². The van der Waals surface area contributed by atoms with Crippen molar-refractivity contribution >= 4 is 0 Å². The standard InChI is InChI=1S/C19H21F3N4O/c1-25(11-15-7-13(8-23)3-5-16(15)27-2)9-14-4-6-18-24-17(19(20,21)22)12-26(18)10-14/h3,5,7,12,14H,4,6,9-11H2,1-2H3. The van der Waals surface area contributed by atoms with Gasteiger partial charge in [0, 0.05) is 37.8 Å². The molecule has 1 aliphatic rings. The summed E-state index contributed by atoms with van der Waals surface area (Å²) < 4.78 is 45.5. The van der Waals surface area contributed by atoms with E-state index in [9.17, 15) is 13.2 Å². The number of nitrogens with zero attached hydrogens (tertiary/aromatic N) is 4. The van der Waals surface area contributed by atoms with E-state index in [4.69, 9.17) is 10.00 Å². The van der Waals surface area contributed by atoms with Crippen molar-refractivity contribution in [1.82, 2.24) is 14.5 Å². The Morgan fingerprint density at radius 1 is 1.41 bits per heavy atom. The Hall–Kier alpha value is -2.53. The quantitative estimate of drug-likeness (QED) is 0.799. The van der Waals surface area contributed by atoms with E-state index < -0.39 is 11.9 Å². The Bertz CT molecular complexity index is 854. The molecule has 2 aromatic rings. The van der Waals surface area contributed by atoms with Crippen LogP contribution in [0.25, 0.3) is 0 Å². The van der Waals surface area contributed by atoms with Crippen LogP contribution in [0.5, 0.6) is 5.75 Å². The molecule has 0 fully saturated rings. The van der Waals surface area contributed by atoms with E-state index in [0.29, 0.717) is 30.9 Å². The predicted molar refractivity (Wildman–Crippen MR) is 93.1 cm³/mol. The van der Waals surface area contributed by atoms with Gasteiger partial charge in [0.25, 0.3) is 0 Å². The van der Waals surface area contributed by atoms with Crippen molar-refractivity contribution < 1.29 is 17.9 Å². The number of alkyl halides is 3. The van der Waals surface area contributed by atoms with E-state index in [-0.39, 0.29) is 5.92 Å². The van der Waals surface area contributed by atoms with Crippen molar-refractivity contribution in [2.75, 3.05) is 20.7 Å². The maximum absolute atomic E-state index is 12.8. The van der Waals surface area contributed by atoms with E-state index in [1.54, 1.807) is 29.9 Å². The van der Waals surface area contributed by atoms with Crippen molar-refractivity contribution in [3.05, 3.63) is 47.0 Å². The molecule has 8 heteroatoms. The summed E-state index contributed by atoms with van der Waals surface area (Å²) in [6, 6.07) is 7.41. The van der Waals surface area contributed by atoms with Crippen LogP contribution < -0.4 is 4.74 Å². The van der Waals surface area contributed by atoms with Crippen molar-refractivity contribution in [2.45, 2.75) is 32.1 Å². The van der Waals surface area contributed by atoms with Crippen molar-refractivity contribution in [3.8, 4) is 11.8 Å². The van der Waals surface area contributed by atoms with Gasteiger partial charge < -0.3 is 14.2 Å². The fraction of sp³-hybridized carbons (Fsp3) is 0.474. The fourth-order valence-corrected chi connectivity index (χ4v) is 3.57. The summed E-state index contributed by atoms with van der Waals surface area (Å²) in [5.74, 6) is 1.46. The Morgan fingerprint density at radius 3 is 2.85 bits per heavy atom. The minimum atomic E-state index is -4.40. The highest BCUT2D eigenvalue weighted by molar-refractivity contribution is 5.42. The van der Waals surface area contributed by atoms with Gasteiger partial charge in [0.2, 0.25) is 0 Å². The number of hydrogen-bond donors (Lipinski definition) is 0. The number of fused-ring (bicyclic) bond motifs is 1. The number of benzene rings is 1. The second kappa shape index (κ2) is 7.61. The lowest BCUT2D eigenvalue weighted by atomic mass is 9.98. The summed E-state index contributed by atoms with van der Waals surface area (Å²) in [7, 11) is 3.55. The van der Waals surface area contributed by atoms with Gasteiger partial charge in [-0.15, -0.1) is 0 Å². The highest BCUT2D eigenvalue weighted by Crippen LogP contribution is 2.31. The molecular weight excluding hydrogens is 357 g/mol. The molecule has 0 bridgehead atoms. The van der Waals surface area contributed by atoms with Crippen molar-refractivity contribution in [1.29, 1.82) is 5.26 Å². The van der Waals surface area contributed by atoms with Gasteiger partial charge in [-0.05, 0) is 37.6 Å². The Labute approximate surface area is 156 Å². The van der Waals surface area contributed by atoms with E-state index in [0.717, 1.165) is 30.5 Å². The first kappa shape index (κ1) is 19.2. The average molecular weight is 378 g/mol. The summed E-state index contributed by atoms with van der Waals surface area (Å²) in [5.41, 5.74) is 0.668. The number of methoxy groups -OCH3 is 1. The van der Waals surface area contributed by atoms with Gasteiger partial charge >= 0.3 is 6.18 Å². The molecule has 0 saturated heterocycles. The van der Waals surface area contributed by atoms with Crippen molar-refractivity contribution in [3.63, 3.8) is 0 Å². The molecule has 0 spiro atoms. The van der Waals surface area contributed by atoms with Crippen LogP contribution in [-0.4, -0.2) is 35.2 Å². The number of halogens is 3. The van der Waals surface area contributed by atoms with Crippen LogP contribution in [0.2, 0.25) is 0 Å². The number of nitriles is 1. The summed E-state index contributed by atoms with van der Waals surface area (Å²) in [6.07, 6.45) is -1.95. The highest BCUT2D eigenvalue weighted by atomic mass is 19.4. The number of rotatable bonds is 5. The Balaban J connectivity index is 1.65. The maximum atomic E-state index is 12.8. The molecule has 0 N–H and O–H groups in total. The van der Waals surface area contributed by atoms with Gasteiger partial charge in [-0.25, -0.2) is 4.98 Å². The number of aryl methyl sites for hydroxylation is 1. The second-order valence-electron chi connectivity index (χ2n) is 6.93. The van der Waals surface area contributed by atoms with E-state index in [2.05, 4.69) is 16.0 Å². The summed E-state index contributed by atoms with van der Waals surface area (Å²) in [4.78, 5) is 5.83. The van der Waals surface area contributed by atoms with E-state index in [1.807, 2.05) is 7.05 Å². The molecule has 1 unspecified atom stereocenters. The van der Waals surface area contributed by atoms with Gasteiger partial charge in [0.1, 0.15) is 11.6 Å². The van der Waals surface area contributed by atoms with Gasteiger partial charge in [-0.2, -0.15) is 18.4 Å². The fourth-order valence-electron chi connectivity index (χ4n) is 3.57. The first-order valence-electron chi connectivity index (χ1n) is 8.69. The molecule has 1 atom stereocenters. The number of hydrogen-bond acceptors (Lipinski definition) is 4. The zero-order chi connectivity index (χ0) is 19.6. The maximum Gasteiger partial charge on any atom is 0.434 e. The van der Waals surface area contributed by atoms with Crippen LogP contribution in [0.4, 0.5) is 13.2 Å². The first-order chi connectivity index (χ1) is 12.8. The molecule has 1 aromatic heterocycles. The van der Waals surface area contributed by atoms with Gasteiger partial charge in [-0.3, -0.25) is 0 Å². The molecule has 0 radical (unpaired) electrons. The zero-order valence-corrected chi connectivity index (χ0v) is 15.3. The zero-order valence-electron chi connectivity index (χ0n) is 15.3. The molecular formula is C19H21F3N4O. The molecule has 144 valence electrons. The minimum absolute atomic E-state index is 0.239. The molecule has 0 aliphatic carbocycles. The topological polar surface area (TPSA) is 54.1 Å². The Morgan fingerprint density at radius 2 is 2.19 bits per heavy atom. The minimum Gasteiger partial charge on any atom is -0.496 e. The average Bonchev–Trinajstić information content (AvgIpc) is 3.05. The predicted octanol–water partition coefficient (Wildman–Crippen LogP) is 3.48. The van der Waals surface area contributed by atoms with E-state index in [1.165, 1.54) is 0 Å². The van der Waals surface area contributed by atoms with Gasteiger partial charge in [0.15, 0.2) is 5.69 Å². The van der Waals surface area contributed by atoms with Crippen LogP contribution in [0.3, 0.4) is 0 Å². The van der Waals surface area contributed by atoms with Crippen LogP contribution in [-0.2, 0) is 25.7 Å². The van der Waals surface area contributed by atoms with Gasteiger partial charge in [-0.1, -0.05) is 0 Å². The number of imidazole rings is 1. The normalized spacial score (nSPS) is 16.9. The molecule has 2 heterocycles. The SMILES string of the molecule is COc1ccc(C#N)cc1CN(C)CC1CCc2nc(C(F)(F)F)cn2C1. The molecule has 1 aliphatic heterocycles. The summed E-state index contributed by atoms with van der Waals surface area (Å²) >= 11 is 0. The third-order valence-electron chi connectivity index (χ3n) is 4.80. The molecule has 0 amide bonds. The smallest absolute Gasteiger partial charge is 0.434 e. The lowest BCUT2D eigenvalue weighted by molar-refractivity contribution is -0.141. The third-order valence-corrected chi connectivity index (χ3v) is 4.80. The monoisotopic (exact) mass is 378 g/mol. The highest BCUT2D eigenvalue weighted by Gasteiger charge is 2.35. The molecule has 1 aromatic carbocycles. The largest absolute Gasteiger partial charge is 0.496 e. The first-order valence-corrected chi connectivity index (χ1v) is 8.69. The second-order valence-corrected chi connectivity index (χ2v) is 6.93. The van der Waals surface area contributed by atoms with E-state index >= 15 is 0 Å². The molecule has 3 rings (SSSR count). The Kier molecular flexibility index (Phi) is 5.42. The molecule has 27 heavy (non-hydrogen) atoms.